The Morgan fingerprint density at radius 1 is 1.68 bits per heavy atom. The maximum atomic E-state index is 11.4. The number of nitrogens with one attached hydrogen (secondary N) is 1. The monoisotopic (exact) mass is 284 g/mol. The Morgan fingerprint density at radius 2 is 2.42 bits per heavy atom. The van der Waals surface area contributed by atoms with Crippen molar-refractivity contribution in [1.82, 2.24) is 20.1 Å². The first-order valence-electron chi connectivity index (χ1n) is 6.49. The number of aryl methyl sites for hydroxylation is 1. The Kier molecular flexibility index (Phi) is 4.46. The van der Waals surface area contributed by atoms with Crippen molar-refractivity contribution in [2.75, 3.05) is 5.75 Å². The zero-order valence-corrected chi connectivity index (χ0v) is 12.1. The smallest absolute Gasteiger partial charge is 0.323 e. The molecule has 0 spiro atoms. The van der Waals surface area contributed by atoms with Crippen molar-refractivity contribution >= 4 is 17.7 Å². The lowest BCUT2D eigenvalue weighted by Gasteiger charge is -2.26. The Hall–Kier alpha value is -1.08. The predicted molar refractivity (Wildman–Crippen MR) is 73.2 cm³/mol. The van der Waals surface area contributed by atoms with Gasteiger partial charge in [-0.25, -0.2) is 9.67 Å². The molecule has 2 rings (SSSR count). The molecule has 0 radical (unpaired) electrons. The maximum Gasteiger partial charge on any atom is 0.323 e. The third-order valence-corrected chi connectivity index (χ3v) is 4.41. The number of carboxylic acids is 1. The molecule has 6 nitrogen and oxygen atoms in total. The largest absolute Gasteiger partial charge is 0.480 e. The van der Waals surface area contributed by atoms with Crippen LogP contribution in [0.1, 0.15) is 32.6 Å². The van der Waals surface area contributed by atoms with Crippen LogP contribution in [0.15, 0.2) is 11.5 Å². The van der Waals surface area contributed by atoms with Crippen LogP contribution in [0.25, 0.3) is 0 Å². The summed E-state index contributed by atoms with van der Waals surface area (Å²) in [7, 11) is 1.85. The van der Waals surface area contributed by atoms with Gasteiger partial charge in [0, 0.05) is 18.8 Å². The fraction of sp³-hybridized carbons (Fsp3) is 0.750. The lowest BCUT2D eigenvalue weighted by Crippen LogP contribution is -2.50. The maximum absolute atomic E-state index is 11.4. The van der Waals surface area contributed by atoms with Gasteiger partial charge in [0.15, 0.2) is 5.16 Å². The summed E-state index contributed by atoms with van der Waals surface area (Å²) in [5, 5.41) is 17.4. The molecule has 106 valence electrons. The van der Waals surface area contributed by atoms with Crippen LogP contribution in [0.5, 0.6) is 0 Å². The third-order valence-electron chi connectivity index (χ3n) is 3.29. The summed E-state index contributed by atoms with van der Waals surface area (Å²) in [4.78, 5) is 15.5. The van der Waals surface area contributed by atoms with Crippen LogP contribution in [-0.2, 0) is 11.8 Å². The van der Waals surface area contributed by atoms with E-state index < -0.39 is 11.5 Å². The molecule has 0 aliphatic heterocycles. The molecule has 0 bridgehead atoms. The molecule has 0 amide bonds. The van der Waals surface area contributed by atoms with Gasteiger partial charge in [0.2, 0.25) is 0 Å². The lowest BCUT2D eigenvalue weighted by atomic mass is 9.96. The molecule has 1 aliphatic carbocycles. The van der Waals surface area contributed by atoms with Crippen LogP contribution in [0.2, 0.25) is 0 Å². The van der Waals surface area contributed by atoms with Crippen molar-refractivity contribution in [2.45, 2.75) is 49.3 Å². The summed E-state index contributed by atoms with van der Waals surface area (Å²) in [5.41, 5.74) is -0.804. The van der Waals surface area contributed by atoms with Crippen LogP contribution >= 0.6 is 11.8 Å². The van der Waals surface area contributed by atoms with E-state index in [-0.39, 0.29) is 0 Å². The average Bonchev–Trinajstić information content (AvgIpc) is 3.06. The summed E-state index contributed by atoms with van der Waals surface area (Å²) < 4.78 is 1.73. The first kappa shape index (κ1) is 14.3. The van der Waals surface area contributed by atoms with Crippen molar-refractivity contribution in [3.63, 3.8) is 0 Å². The van der Waals surface area contributed by atoms with E-state index in [1.54, 1.807) is 23.4 Å². The summed E-state index contributed by atoms with van der Waals surface area (Å²) in [6, 6.07) is 0.396. The number of aromatic nitrogens is 3. The summed E-state index contributed by atoms with van der Waals surface area (Å²) in [5.74, 6) is 0.0879. The van der Waals surface area contributed by atoms with E-state index in [1.165, 1.54) is 6.33 Å². The highest BCUT2D eigenvalue weighted by molar-refractivity contribution is 7.99. The molecule has 19 heavy (non-hydrogen) atoms. The highest BCUT2D eigenvalue weighted by atomic mass is 32.2. The van der Waals surface area contributed by atoms with Gasteiger partial charge in [-0.2, -0.15) is 5.10 Å². The normalized spacial score (nSPS) is 18.2. The molecular weight excluding hydrogens is 264 g/mol. The zero-order chi connectivity index (χ0) is 13.9. The number of aliphatic carboxylic acids is 1. The molecule has 1 heterocycles. The number of carbonyl (C=O) groups is 1. The van der Waals surface area contributed by atoms with Gasteiger partial charge in [-0.15, -0.1) is 0 Å². The Bertz CT molecular complexity index is 447. The minimum Gasteiger partial charge on any atom is -0.480 e. The molecule has 1 unspecified atom stereocenters. The van der Waals surface area contributed by atoms with E-state index in [2.05, 4.69) is 15.4 Å². The van der Waals surface area contributed by atoms with Crippen molar-refractivity contribution in [3.8, 4) is 0 Å². The number of thioether (sulfide) groups is 1. The van der Waals surface area contributed by atoms with Gasteiger partial charge in [-0.1, -0.05) is 11.8 Å². The molecule has 1 saturated carbocycles. The lowest BCUT2D eigenvalue weighted by molar-refractivity contribution is -0.144. The van der Waals surface area contributed by atoms with Crippen LogP contribution in [0.4, 0.5) is 0 Å². The van der Waals surface area contributed by atoms with Crippen molar-refractivity contribution in [3.05, 3.63) is 6.33 Å². The van der Waals surface area contributed by atoms with Crippen LogP contribution in [0, 0.1) is 0 Å². The topological polar surface area (TPSA) is 80.0 Å². The Balaban J connectivity index is 1.76. The molecular formula is C12H20N4O2S. The number of hydrogen-bond acceptors (Lipinski definition) is 5. The summed E-state index contributed by atoms with van der Waals surface area (Å²) in [6.07, 6.45) is 5.18. The molecule has 1 fully saturated rings. The average molecular weight is 284 g/mol. The van der Waals surface area contributed by atoms with E-state index in [9.17, 15) is 9.90 Å². The number of nitrogens with zero attached hydrogens (tertiary/aromatic N) is 3. The standard InChI is InChI=1S/C12H20N4O2S/c1-12(10(17)18,15-9-4-5-9)6-3-7-19-11-13-8-14-16(11)2/h8-9,15H,3-7H2,1-2H3,(H,17,18). The minimum atomic E-state index is -0.804. The molecule has 1 aromatic rings. The Morgan fingerprint density at radius 3 is 2.95 bits per heavy atom. The number of carboxylic acid groups (broad SMARTS) is 1. The molecule has 1 aliphatic rings. The van der Waals surface area contributed by atoms with E-state index in [4.69, 9.17) is 0 Å². The number of rotatable bonds is 8. The van der Waals surface area contributed by atoms with E-state index >= 15 is 0 Å². The minimum absolute atomic E-state index is 0.396. The van der Waals surface area contributed by atoms with E-state index in [0.717, 1.165) is 30.2 Å². The summed E-state index contributed by atoms with van der Waals surface area (Å²) >= 11 is 1.61. The fourth-order valence-corrected chi connectivity index (χ4v) is 2.75. The second-order valence-corrected chi connectivity index (χ2v) is 6.24. The van der Waals surface area contributed by atoms with Gasteiger partial charge in [0.05, 0.1) is 0 Å². The first-order valence-corrected chi connectivity index (χ1v) is 7.48. The third kappa shape index (κ3) is 3.94. The van der Waals surface area contributed by atoms with Gasteiger partial charge in [0.25, 0.3) is 0 Å². The Labute approximate surface area is 117 Å². The predicted octanol–water partition coefficient (Wildman–Crippen LogP) is 1.28. The van der Waals surface area contributed by atoms with E-state index in [0.29, 0.717) is 12.5 Å². The molecule has 7 heteroatoms. The highest BCUT2D eigenvalue weighted by Crippen LogP contribution is 2.26. The second-order valence-electron chi connectivity index (χ2n) is 5.17. The fourth-order valence-electron chi connectivity index (χ4n) is 1.92. The van der Waals surface area contributed by atoms with E-state index in [1.807, 2.05) is 7.05 Å². The quantitative estimate of drug-likeness (QED) is 0.553. The van der Waals surface area contributed by atoms with Gasteiger partial charge < -0.3 is 5.11 Å². The molecule has 2 N–H and O–H groups in total. The van der Waals surface area contributed by atoms with Gasteiger partial charge in [-0.3, -0.25) is 10.1 Å². The SMILES string of the molecule is Cn1ncnc1SCCCC(C)(NC1CC1)C(=O)O. The molecule has 1 aromatic heterocycles. The summed E-state index contributed by atoms with van der Waals surface area (Å²) in [6.45, 7) is 1.78. The molecule has 0 saturated heterocycles. The molecule has 1 atom stereocenters. The van der Waals surface area contributed by atoms with Crippen molar-refractivity contribution < 1.29 is 9.90 Å². The van der Waals surface area contributed by atoms with Crippen LogP contribution in [0.3, 0.4) is 0 Å². The second kappa shape index (κ2) is 5.92. The van der Waals surface area contributed by atoms with Crippen molar-refractivity contribution in [1.29, 1.82) is 0 Å². The first-order chi connectivity index (χ1) is 9.01. The van der Waals surface area contributed by atoms with Gasteiger partial charge in [-0.05, 0) is 32.6 Å². The molecule has 0 aromatic carbocycles. The van der Waals surface area contributed by atoms with Gasteiger partial charge in [0.1, 0.15) is 11.9 Å². The highest BCUT2D eigenvalue weighted by Gasteiger charge is 2.37. The van der Waals surface area contributed by atoms with Crippen LogP contribution < -0.4 is 5.32 Å². The van der Waals surface area contributed by atoms with Crippen LogP contribution in [-0.4, -0.2) is 43.2 Å². The van der Waals surface area contributed by atoms with Gasteiger partial charge >= 0.3 is 5.97 Å². The zero-order valence-electron chi connectivity index (χ0n) is 11.3. The van der Waals surface area contributed by atoms with Crippen molar-refractivity contribution in [2.24, 2.45) is 7.05 Å². The number of hydrogen-bond donors (Lipinski definition) is 2.